The van der Waals surface area contributed by atoms with Crippen LogP contribution in [0.2, 0.25) is 0 Å². The number of rotatable bonds is 4. The lowest BCUT2D eigenvalue weighted by Crippen LogP contribution is -2.36. The molecule has 1 N–H and O–H groups in total. The molecular formula is C13H16N2O5. The molecule has 0 aromatic heterocycles. The Kier molecular flexibility index (Phi) is 4.31. The van der Waals surface area contributed by atoms with Crippen molar-refractivity contribution < 1.29 is 19.6 Å². The third-order valence-electron chi connectivity index (χ3n) is 3.36. The van der Waals surface area contributed by atoms with Crippen molar-refractivity contribution in [1.29, 1.82) is 0 Å². The second-order valence-electron chi connectivity index (χ2n) is 4.78. The van der Waals surface area contributed by atoms with Crippen LogP contribution in [0, 0.1) is 10.1 Å². The number of β-amino-alcohol motifs (C(OH)–C–C–N with tert-alkyl or cyclic N) is 1. The number of nitro benzene ring substituents is 1. The van der Waals surface area contributed by atoms with E-state index in [0.717, 1.165) is 5.56 Å². The van der Waals surface area contributed by atoms with Gasteiger partial charge in [-0.05, 0) is 5.56 Å². The molecule has 1 aromatic rings. The van der Waals surface area contributed by atoms with Gasteiger partial charge in [0.05, 0.1) is 18.1 Å². The number of likely N-dealkylation sites (tertiary alicyclic amines) is 1. The number of carbonyl (C=O) groups is 1. The summed E-state index contributed by atoms with van der Waals surface area (Å²) in [7, 11) is 1.30. The van der Waals surface area contributed by atoms with E-state index in [9.17, 15) is 20.0 Å². The van der Waals surface area contributed by atoms with E-state index >= 15 is 0 Å². The van der Waals surface area contributed by atoms with Gasteiger partial charge in [0.2, 0.25) is 0 Å². The van der Waals surface area contributed by atoms with Gasteiger partial charge in [-0.15, -0.1) is 0 Å². The lowest BCUT2D eigenvalue weighted by Gasteiger charge is -2.21. The van der Waals surface area contributed by atoms with Crippen molar-refractivity contribution in [3.63, 3.8) is 0 Å². The first-order chi connectivity index (χ1) is 9.51. The standard InChI is InChI=1S/C13H16N2O5/c1-20-13(17)12-6-11(16)8-14(12)7-9-3-2-4-10(5-9)15(18)19/h2-5,11-12,16H,6-8H2,1H3. The van der Waals surface area contributed by atoms with Crippen LogP contribution in [0.4, 0.5) is 5.69 Å². The first-order valence-corrected chi connectivity index (χ1v) is 6.24. The van der Waals surface area contributed by atoms with Crippen LogP contribution in [0.3, 0.4) is 0 Å². The summed E-state index contributed by atoms with van der Waals surface area (Å²) in [6.45, 7) is 0.709. The van der Waals surface area contributed by atoms with Crippen molar-refractivity contribution in [3.05, 3.63) is 39.9 Å². The smallest absolute Gasteiger partial charge is 0.323 e. The van der Waals surface area contributed by atoms with Gasteiger partial charge in [0.25, 0.3) is 5.69 Å². The Balaban J connectivity index is 2.13. The Morgan fingerprint density at radius 3 is 3.00 bits per heavy atom. The summed E-state index contributed by atoms with van der Waals surface area (Å²) in [4.78, 5) is 23.7. The second kappa shape index (κ2) is 5.98. The zero-order valence-electron chi connectivity index (χ0n) is 11.1. The molecule has 0 saturated carbocycles. The van der Waals surface area contributed by atoms with Crippen LogP contribution in [0.25, 0.3) is 0 Å². The number of methoxy groups -OCH3 is 1. The number of non-ortho nitro benzene ring substituents is 1. The van der Waals surface area contributed by atoms with Crippen LogP contribution in [0.15, 0.2) is 24.3 Å². The molecule has 7 nitrogen and oxygen atoms in total. The average molecular weight is 280 g/mol. The van der Waals surface area contributed by atoms with E-state index < -0.39 is 23.0 Å². The number of carbonyl (C=O) groups excluding carboxylic acids is 1. The zero-order valence-corrected chi connectivity index (χ0v) is 11.1. The Morgan fingerprint density at radius 1 is 1.60 bits per heavy atom. The number of hydrogen-bond donors (Lipinski definition) is 1. The minimum atomic E-state index is -0.585. The predicted molar refractivity (Wildman–Crippen MR) is 69.9 cm³/mol. The quantitative estimate of drug-likeness (QED) is 0.496. The normalized spacial score (nSPS) is 22.7. The highest BCUT2D eigenvalue weighted by molar-refractivity contribution is 5.76. The van der Waals surface area contributed by atoms with Crippen LogP contribution < -0.4 is 0 Å². The summed E-state index contributed by atoms with van der Waals surface area (Å²) >= 11 is 0. The maximum Gasteiger partial charge on any atom is 0.323 e. The van der Waals surface area contributed by atoms with Crippen molar-refractivity contribution in [1.82, 2.24) is 4.90 Å². The molecule has 2 unspecified atom stereocenters. The highest BCUT2D eigenvalue weighted by Crippen LogP contribution is 2.23. The SMILES string of the molecule is COC(=O)C1CC(O)CN1Cc1cccc([N+](=O)[O-])c1. The van der Waals surface area contributed by atoms with Gasteiger partial charge in [-0.25, -0.2) is 0 Å². The number of benzene rings is 1. The highest BCUT2D eigenvalue weighted by atomic mass is 16.6. The first-order valence-electron chi connectivity index (χ1n) is 6.24. The van der Waals surface area contributed by atoms with Gasteiger partial charge in [0.15, 0.2) is 0 Å². The van der Waals surface area contributed by atoms with Crippen molar-refractivity contribution in [2.75, 3.05) is 13.7 Å². The Labute approximate surface area is 115 Å². The van der Waals surface area contributed by atoms with E-state index in [1.165, 1.54) is 19.2 Å². The van der Waals surface area contributed by atoms with Crippen LogP contribution in [0.1, 0.15) is 12.0 Å². The lowest BCUT2D eigenvalue weighted by atomic mass is 10.1. The number of hydrogen-bond acceptors (Lipinski definition) is 6. The predicted octanol–water partition coefficient (Wildman–Crippen LogP) is 0.703. The lowest BCUT2D eigenvalue weighted by molar-refractivity contribution is -0.384. The van der Waals surface area contributed by atoms with E-state index in [-0.39, 0.29) is 5.69 Å². The van der Waals surface area contributed by atoms with Gasteiger partial charge >= 0.3 is 5.97 Å². The molecule has 2 rings (SSSR count). The third kappa shape index (κ3) is 3.12. The van der Waals surface area contributed by atoms with E-state index in [0.29, 0.717) is 19.5 Å². The van der Waals surface area contributed by atoms with Gasteiger partial charge < -0.3 is 9.84 Å². The van der Waals surface area contributed by atoms with Gasteiger partial charge in [-0.3, -0.25) is 19.8 Å². The van der Waals surface area contributed by atoms with E-state index in [1.54, 1.807) is 17.0 Å². The first kappa shape index (κ1) is 14.4. The molecule has 0 aliphatic carbocycles. The molecule has 0 radical (unpaired) electrons. The molecule has 1 aliphatic rings. The summed E-state index contributed by atoms with van der Waals surface area (Å²) in [5.74, 6) is -0.396. The van der Waals surface area contributed by atoms with Gasteiger partial charge in [0, 0.05) is 31.6 Å². The molecule has 0 spiro atoms. The highest BCUT2D eigenvalue weighted by Gasteiger charge is 2.36. The molecule has 7 heteroatoms. The largest absolute Gasteiger partial charge is 0.468 e. The summed E-state index contributed by atoms with van der Waals surface area (Å²) < 4.78 is 4.71. The Hall–Kier alpha value is -1.99. The molecule has 1 aliphatic heterocycles. The van der Waals surface area contributed by atoms with Crippen molar-refractivity contribution in [2.45, 2.75) is 25.1 Å². The van der Waals surface area contributed by atoms with Crippen LogP contribution >= 0.6 is 0 Å². The fourth-order valence-corrected chi connectivity index (χ4v) is 2.44. The number of esters is 1. The van der Waals surface area contributed by atoms with Gasteiger partial charge in [-0.2, -0.15) is 0 Å². The molecule has 1 heterocycles. The molecule has 0 amide bonds. The van der Waals surface area contributed by atoms with Crippen molar-refractivity contribution in [2.24, 2.45) is 0 Å². The topological polar surface area (TPSA) is 92.9 Å². The fraction of sp³-hybridized carbons (Fsp3) is 0.462. The molecule has 1 saturated heterocycles. The maximum absolute atomic E-state index is 11.7. The third-order valence-corrected chi connectivity index (χ3v) is 3.36. The fourth-order valence-electron chi connectivity index (χ4n) is 2.44. The van der Waals surface area contributed by atoms with E-state index in [1.807, 2.05) is 0 Å². The molecule has 108 valence electrons. The van der Waals surface area contributed by atoms with Gasteiger partial charge in [-0.1, -0.05) is 12.1 Å². The number of nitro groups is 1. The van der Waals surface area contributed by atoms with Crippen molar-refractivity contribution in [3.8, 4) is 0 Å². The summed E-state index contributed by atoms with van der Waals surface area (Å²) in [5.41, 5.74) is 0.735. The minimum Gasteiger partial charge on any atom is -0.468 e. The molecule has 2 atom stereocenters. The van der Waals surface area contributed by atoms with E-state index in [4.69, 9.17) is 4.74 Å². The number of nitrogens with zero attached hydrogens (tertiary/aromatic N) is 2. The summed E-state index contributed by atoms with van der Waals surface area (Å²) in [6, 6.07) is 5.74. The number of aliphatic hydroxyl groups excluding tert-OH is 1. The van der Waals surface area contributed by atoms with E-state index in [2.05, 4.69) is 0 Å². The molecule has 1 fully saturated rings. The maximum atomic E-state index is 11.7. The summed E-state index contributed by atoms with van der Waals surface area (Å²) in [5, 5.41) is 20.4. The average Bonchev–Trinajstić information content (AvgIpc) is 2.79. The number of ether oxygens (including phenoxy) is 1. The monoisotopic (exact) mass is 280 g/mol. The van der Waals surface area contributed by atoms with Crippen LogP contribution in [0.5, 0.6) is 0 Å². The molecule has 20 heavy (non-hydrogen) atoms. The van der Waals surface area contributed by atoms with Crippen LogP contribution in [-0.2, 0) is 16.1 Å². The molecule has 0 bridgehead atoms. The minimum absolute atomic E-state index is 0.0110. The second-order valence-corrected chi connectivity index (χ2v) is 4.78. The van der Waals surface area contributed by atoms with Gasteiger partial charge in [0.1, 0.15) is 6.04 Å². The zero-order chi connectivity index (χ0) is 14.7. The Bertz CT molecular complexity index is 519. The van der Waals surface area contributed by atoms with Crippen molar-refractivity contribution >= 4 is 11.7 Å². The Morgan fingerprint density at radius 2 is 2.35 bits per heavy atom. The molecular weight excluding hydrogens is 264 g/mol. The summed E-state index contributed by atoms with van der Waals surface area (Å²) in [6.07, 6.45) is -0.264. The molecule has 1 aromatic carbocycles. The number of aliphatic hydroxyl groups is 1. The van der Waals surface area contributed by atoms with Crippen LogP contribution in [-0.4, -0.2) is 46.7 Å².